The van der Waals surface area contributed by atoms with Crippen LogP contribution in [0.15, 0.2) is 18.5 Å². The number of piperidine rings is 1. The van der Waals surface area contributed by atoms with Gasteiger partial charge in [-0.25, -0.2) is 0 Å². The largest absolute Gasteiger partial charge is 0.340 e. The predicted octanol–water partition coefficient (Wildman–Crippen LogP) is 1.43. The lowest BCUT2D eigenvalue weighted by Gasteiger charge is -2.31. The van der Waals surface area contributed by atoms with E-state index in [1.54, 1.807) is 10.9 Å². The lowest BCUT2D eigenvalue weighted by molar-refractivity contribution is -0.134. The lowest BCUT2D eigenvalue weighted by atomic mass is 10.0. The third kappa shape index (κ3) is 3.56. The van der Waals surface area contributed by atoms with Crippen molar-refractivity contribution in [2.45, 2.75) is 45.2 Å². The average molecular weight is 264 g/mol. The molecule has 0 aromatic carbocycles. The second-order valence-electron chi connectivity index (χ2n) is 5.19. The Kier molecular flexibility index (Phi) is 4.96. The Bertz CT molecular complexity index is 384. The normalized spacial score (nSPS) is 21.1. The molecule has 1 aliphatic rings. The smallest absolute Gasteiger partial charge is 0.247 e. The van der Waals surface area contributed by atoms with Gasteiger partial charge in [-0.2, -0.15) is 5.10 Å². The van der Waals surface area contributed by atoms with E-state index in [0.29, 0.717) is 6.04 Å². The van der Waals surface area contributed by atoms with Crippen LogP contribution < -0.4 is 5.32 Å². The quantitative estimate of drug-likeness (QED) is 0.875. The minimum absolute atomic E-state index is 0.151. The third-order valence-electron chi connectivity index (χ3n) is 3.83. The van der Waals surface area contributed by atoms with Crippen molar-refractivity contribution in [3.63, 3.8) is 0 Å². The van der Waals surface area contributed by atoms with E-state index in [1.807, 2.05) is 31.0 Å². The van der Waals surface area contributed by atoms with E-state index in [0.717, 1.165) is 19.6 Å². The maximum absolute atomic E-state index is 12.5. The average Bonchev–Trinajstić information content (AvgIpc) is 2.98. The Hall–Kier alpha value is -1.36. The van der Waals surface area contributed by atoms with Crippen LogP contribution in [0.3, 0.4) is 0 Å². The zero-order valence-electron chi connectivity index (χ0n) is 11.9. The molecule has 1 aromatic heterocycles. The van der Waals surface area contributed by atoms with Crippen molar-refractivity contribution in [2.75, 3.05) is 19.6 Å². The van der Waals surface area contributed by atoms with E-state index < -0.39 is 0 Å². The van der Waals surface area contributed by atoms with Gasteiger partial charge in [0.2, 0.25) is 5.91 Å². The molecule has 0 radical (unpaired) electrons. The summed E-state index contributed by atoms with van der Waals surface area (Å²) in [6.45, 7) is 6.58. The SMILES string of the molecule is CCN(CC1CCCCN1)C(=O)C(C)n1cccn1. The van der Waals surface area contributed by atoms with Crippen LogP contribution in [0.1, 0.15) is 39.2 Å². The fourth-order valence-corrected chi connectivity index (χ4v) is 2.61. The van der Waals surface area contributed by atoms with Gasteiger partial charge in [0.1, 0.15) is 6.04 Å². The van der Waals surface area contributed by atoms with Crippen LogP contribution in [0, 0.1) is 0 Å². The topological polar surface area (TPSA) is 50.2 Å². The molecule has 1 aromatic rings. The molecular formula is C14H24N4O. The molecule has 0 spiro atoms. The van der Waals surface area contributed by atoms with Crippen molar-refractivity contribution >= 4 is 5.91 Å². The van der Waals surface area contributed by atoms with Crippen LogP contribution in [-0.4, -0.2) is 46.3 Å². The van der Waals surface area contributed by atoms with E-state index >= 15 is 0 Å². The molecule has 1 N–H and O–H groups in total. The molecule has 5 nitrogen and oxygen atoms in total. The van der Waals surface area contributed by atoms with E-state index in [9.17, 15) is 4.79 Å². The summed E-state index contributed by atoms with van der Waals surface area (Å²) >= 11 is 0. The summed E-state index contributed by atoms with van der Waals surface area (Å²) in [5.41, 5.74) is 0. The Morgan fingerprint density at radius 1 is 1.58 bits per heavy atom. The molecule has 106 valence electrons. The summed E-state index contributed by atoms with van der Waals surface area (Å²) in [4.78, 5) is 14.4. The highest BCUT2D eigenvalue weighted by atomic mass is 16.2. The van der Waals surface area contributed by atoms with Gasteiger partial charge >= 0.3 is 0 Å². The first-order valence-electron chi connectivity index (χ1n) is 7.23. The van der Waals surface area contributed by atoms with Crippen molar-refractivity contribution in [1.82, 2.24) is 20.0 Å². The van der Waals surface area contributed by atoms with Gasteiger partial charge in [-0.3, -0.25) is 9.48 Å². The van der Waals surface area contributed by atoms with Crippen LogP contribution in [0.2, 0.25) is 0 Å². The number of nitrogens with one attached hydrogen (secondary N) is 1. The highest BCUT2D eigenvalue weighted by Gasteiger charge is 2.24. The van der Waals surface area contributed by atoms with Gasteiger partial charge in [-0.05, 0) is 39.3 Å². The van der Waals surface area contributed by atoms with Gasteiger partial charge in [-0.1, -0.05) is 6.42 Å². The van der Waals surface area contributed by atoms with Crippen molar-refractivity contribution < 1.29 is 4.79 Å². The molecule has 0 aliphatic carbocycles. The van der Waals surface area contributed by atoms with Crippen LogP contribution in [-0.2, 0) is 4.79 Å². The lowest BCUT2D eigenvalue weighted by Crippen LogP contribution is -2.47. The Morgan fingerprint density at radius 3 is 3.00 bits per heavy atom. The summed E-state index contributed by atoms with van der Waals surface area (Å²) in [5, 5.41) is 7.65. The first-order valence-corrected chi connectivity index (χ1v) is 7.23. The highest BCUT2D eigenvalue weighted by Crippen LogP contribution is 2.12. The molecule has 1 amide bonds. The molecule has 2 unspecified atom stereocenters. The van der Waals surface area contributed by atoms with Crippen molar-refractivity contribution in [2.24, 2.45) is 0 Å². The van der Waals surface area contributed by atoms with Crippen molar-refractivity contribution in [1.29, 1.82) is 0 Å². The van der Waals surface area contributed by atoms with Crippen LogP contribution >= 0.6 is 0 Å². The molecule has 1 aliphatic heterocycles. The number of carbonyl (C=O) groups excluding carboxylic acids is 1. The molecule has 19 heavy (non-hydrogen) atoms. The highest BCUT2D eigenvalue weighted by molar-refractivity contribution is 5.80. The zero-order chi connectivity index (χ0) is 13.7. The van der Waals surface area contributed by atoms with E-state index in [2.05, 4.69) is 10.4 Å². The standard InChI is InChI=1S/C14H24N4O/c1-3-17(11-13-7-4-5-8-15-13)14(19)12(2)18-10-6-9-16-18/h6,9-10,12-13,15H,3-5,7-8,11H2,1-2H3. The molecule has 0 bridgehead atoms. The van der Waals surface area contributed by atoms with Crippen LogP contribution in [0.5, 0.6) is 0 Å². The molecule has 2 heterocycles. The third-order valence-corrected chi connectivity index (χ3v) is 3.83. The molecule has 2 rings (SSSR count). The number of rotatable bonds is 5. The second-order valence-corrected chi connectivity index (χ2v) is 5.19. The monoisotopic (exact) mass is 264 g/mol. The summed E-state index contributed by atoms with van der Waals surface area (Å²) in [5.74, 6) is 0.151. The Morgan fingerprint density at radius 2 is 2.42 bits per heavy atom. The molecule has 1 saturated heterocycles. The summed E-state index contributed by atoms with van der Waals surface area (Å²) in [6.07, 6.45) is 7.23. The zero-order valence-corrected chi connectivity index (χ0v) is 11.9. The molecular weight excluding hydrogens is 240 g/mol. The van der Waals surface area contributed by atoms with Gasteiger partial charge in [-0.15, -0.1) is 0 Å². The number of likely N-dealkylation sites (N-methyl/N-ethyl adjacent to an activating group) is 1. The minimum Gasteiger partial charge on any atom is -0.340 e. The van der Waals surface area contributed by atoms with E-state index in [4.69, 9.17) is 0 Å². The fraction of sp³-hybridized carbons (Fsp3) is 0.714. The van der Waals surface area contributed by atoms with E-state index in [-0.39, 0.29) is 11.9 Å². The summed E-state index contributed by atoms with van der Waals surface area (Å²) < 4.78 is 1.72. The van der Waals surface area contributed by atoms with Crippen LogP contribution in [0.4, 0.5) is 0 Å². The summed E-state index contributed by atoms with van der Waals surface area (Å²) in [6, 6.07) is 2.07. The molecule has 1 fully saturated rings. The number of nitrogens with zero attached hydrogens (tertiary/aromatic N) is 3. The number of carbonyl (C=O) groups is 1. The van der Waals surface area contributed by atoms with Gasteiger partial charge in [0, 0.05) is 31.5 Å². The Labute approximate surface area is 115 Å². The fourth-order valence-electron chi connectivity index (χ4n) is 2.61. The molecule has 5 heteroatoms. The van der Waals surface area contributed by atoms with E-state index in [1.165, 1.54) is 19.3 Å². The van der Waals surface area contributed by atoms with Crippen molar-refractivity contribution in [3.8, 4) is 0 Å². The number of hydrogen-bond donors (Lipinski definition) is 1. The predicted molar refractivity (Wildman–Crippen MR) is 74.8 cm³/mol. The number of amides is 1. The maximum Gasteiger partial charge on any atom is 0.247 e. The first-order chi connectivity index (χ1) is 9.22. The first kappa shape index (κ1) is 14.1. The Balaban J connectivity index is 1.94. The maximum atomic E-state index is 12.5. The molecule has 2 atom stereocenters. The van der Waals surface area contributed by atoms with Crippen molar-refractivity contribution in [3.05, 3.63) is 18.5 Å². The van der Waals surface area contributed by atoms with Gasteiger partial charge in [0.25, 0.3) is 0 Å². The van der Waals surface area contributed by atoms with Gasteiger partial charge < -0.3 is 10.2 Å². The number of hydrogen-bond acceptors (Lipinski definition) is 3. The van der Waals surface area contributed by atoms with Gasteiger partial charge in [0.05, 0.1) is 0 Å². The van der Waals surface area contributed by atoms with Crippen LogP contribution in [0.25, 0.3) is 0 Å². The second kappa shape index (κ2) is 6.70. The van der Waals surface area contributed by atoms with Gasteiger partial charge in [0.15, 0.2) is 0 Å². The minimum atomic E-state index is -0.224. The molecule has 0 saturated carbocycles. The summed E-state index contributed by atoms with van der Waals surface area (Å²) in [7, 11) is 0. The number of aromatic nitrogens is 2.